The van der Waals surface area contributed by atoms with Gasteiger partial charge in [-0.2, -0.15) is 5.26 Å². The van der Waals surface area contributed by atoms with Gasteiger partial charge in [-0.3, -0.25) is 9.88 Å². The quantitative estimate of drug-likeness (QED) is 0.446. The van der Waals surface area contributed by atoms with E-state index >= 15 is 0 Å². The Bertz CT molecular complexity index is 1250. The molecule has 1 aliphatic heterocycles. The molecule has 184 valence electrons. The second kappa shape index (κ2) is 11.9. The highest BCUT2D eigenvalue weighted by Crippen LogP contribution is 2.37. The second-order valence-electron chi connectivity index (χ2n) is 8.37. The number of anilines is 1. The van der Waals surface area contributed by atoms with Crippen LogP contribution in [0.15, 0.2) is 60.8 Å². The Morgan fingerprint density at radius 1 is 1.17 bits per heavy atom. The zero-order valence-corrected chi connectivity index (χ0v) is 20.3. The summed E-state index contributed by atoms with van der Waals surface area (Å²) in [5.41, 5.74) is 3.45. The van der Waals surface area contributed by atoms with Crippen LogP contribution in [0, 0.1) is 17.9 Å². The standard InChI is InChI=1S/C27H26ClN5O3/c1-30-22-6-8-24(31-16-22)27(18-35)32-10-11-33(26(17-32)19-2-4-21(28)5-3-19)25-9-7-23(36-13-12-34)14-20(25)15-29/h2-9,14,16,26-27,34-35H,10-13,17-18H2/t26-,27+/m0/s1. The van der Waals surface area contributed by atoms with Gasteiger partial charge in [-0.15, -0.1) is 0 Å². The zero-order chi connectivity index (χ0) is 25.5. The fraction of sp³-hybridized carbons (Fsp3) is 0.296. The van der Waals surface area contributed by atoms with Crippen molar-refractivity contribution in [3.63, 3.8) is 0 Å². The third-order valence-corrected chi connectivity index (χ3v) is 6.53. The van der Waals surface area contributed by atoms with Gasteiger partial charge < -0.3 is 19.8 Å². The van der Waals surface area contributed by atoms with Crippen LogP contribution in [0.25, 0.3) is 4.85 Å². The first-order chi connectivity index (χ1) is 17.6. The number of aromatic nitrogens is 1. The lowest BCUT2D eigenvalue weighted by molar-refractivity contribution is 0.100. The number of ether oxygens (including phenoxy) is 1. The minimum absolute atomic E-state index is 0.105. The van der Waals surface area contributed by atoms with Crippen molar-refractivity contribution in [2.75, 3.05) is 44.4 Å². The van der Waals surface area contributed by atoms with E-state index in [4.69, 9.17) is 28.0 Å². The van der Waals surface area contributed by atoms with E-state index in [0.29, 0.717) is 47.4 Å². The third-order valence-electron chi connectivity index (χ3n) is 6.28. The maximum absolute atomic E-state index is 10.3. The lowest BCUT2D eigenvalue weighted by Crippen LogP contribution is -2.50. The molecule has 9 heteroatoms. The topological polar surface area (TPSA) is 97.2 Å². The molecule has 1 saturated heterocycles. The number of halogens is 1. The normalized spacial score (nSPS) is 16.7. The van der Waals surface area contributed by atoms with Gasteiger partial charge in [-0.1, -0.05) is 29.8 Å². The van der Waals surface area contributed by atoms with Gasteiger partial charge in [0, 0.05) is 30.9 Å². The maximum Gasteiger partial charge on any atom is 0.205 e. The molecule has 36 heavy (non-hydrogen) atoms. The molecule has 0 unspecified atom stereocenters. The Balaban J connectivity index is 1.67. The minimum atomic E-state index is -0.327. The summed E-state index contributed by atoms with van der Waals surface area (Å²) in [6, 6.07) is 18.3. The molecule has 0 spiro atoms. The average Bonchev–Trinajstić information content (AvgIpc) is 2.93. The largest absolute Gasteiger partial charge is 0.491 e. The van der Waals surface area contributed by atoms with Crippen LogP contribution in [-0.4, -0.2) is 59.6 Å². The molecule has 0 radical (unpaired) electrons. The molecule has 1 aliphatic rings. The van der Waals surface area contributed by atoms with Crippen LogP contribution >= 0.6 is 11.6 Å². The van der Waals surface area contributed by atoms with Gasteiger partial charge in [0.05, 0.1) is 48.8 Å². The van der Waals surface area contributed by atoms with Gasteiger partial charge in [0.2, 0.25) is 5.69 Å². The van der Waals surface area contributed by atoms with Crippen molar-refractivity contribution in [1.82, 2.24) is 9.88 Å². The molecule has 2 N–H and O–H groups in total. The summed E-state index contributed by atoms with van der Waals surface area (Å²) in [4.78, 5) is 12.2. The van der Waals surface area contributed by atoms with Gasteiger partial charge in [-0.25, -0.2) is 4.85 Å². The van der Waals surface area contributed by atoms with E-state index in [1.54, 1.807) is 24.3 Å². The number of piperazine rings is 1. The maximum atomic E-state index is 10.3. The van der Waals surface area contributed by atoms with Gasteiger partial charge >= 0.3 is 0 Å². The lowest BCUT2D eigenvalue weighted by Gasteiger charge is -2.45. The summed E-state index contributed by atoms with van der Waals surface area (Å²) in [6.45, 7) is 8.91. The van der Waals surface area contributed by atoms with Crippen LogP contribution < -0.4 is 9.64 Å². The Morgan fingerprint density at radius 3 is 2.61 bits per heavy atom. The highest BCUT2D eigenvalue weighted by atomic mass is 35.5. The highest BCUT2D eigenvalue weighted by molar-refractivity contribution is 6.30. The zero-order valence-electron chi connectivity index (χ0n) is 19.6. The molecule has 0 amide bonds. The minimum Gasteiger partial charge on any atom is -0.491 e. The molecule has 3 aromatic rings. The fourth-order valence-corrected chi connectivity index (χ4v) is 4.64. The molecule has 0 bridgehead atoms. The number of pyridine rings is 1. The summed E-state index contributed by atoms with van der Waals surface area (Å²) in [5.74, 6) is 0.528. The number of nitriles is 1. The fourth-order valence-electron chi connectivity index (χ4n) is 4.51. The van der Waals surface area contributed by atoms with Crippen molar-refractivity contribution in [2.45, 2.75) is 12.1 Å². The Kier molecular flexibility index (Phi) is 8.37. The average molecular weight is 504 g/mol. The predicted molar refractivity (Wildman–Crippen MR) is 137 cm³/mol. The van der Waals surface area contributed by atoms with E-state index < -0.39 is 0 Å². The van der Waals surface area contributed by atoms with E-state index in [-0.39, 0.29) is 31.9 Å². The van der Waals surface area contributed by atoms with Crippen LogP contribution in [-0.2, 0) is 0 Å². The molecule has 2 atom stereocenters. The molecule has 1 aromatic heterocycles. The molecule has 2 aromatic carbocycles. The van der Waals surface area contributed by atoms with E-state index in [0.717, 1.165) is 11.3 Å². The number of nitrogens with zero attached hydrogens (tertiary/aromatic N) is 5. The van der Waals surface area contributed by atoms with Gasteiger partial charge in [0.1, 0.15) is 18.4 Å². The number of rotatable bonds is 8. The number of hydrogen-bond acceptors (Lipinski definition) is 7. The van der Waals surface area contributed by atoms with Crippen molar-refractivity contribution >= 4 is 23.0 Å². The Hall–Kier alpha value is -3.66. The Morgan fingerprint density at radius 2 is 1.97 bits per heavy atom. The summed E-state index contributed by atoms with van der Waals surface area (Å²) in [7, 11) is 0. The van der Waals surface area contributed by atoms with Crippen molar-refractivity contribution in [2.24, 2.45) is 0 Å². The monoisotopic (exact) mass is 503 g/mol. The molecular formula is C27H26ClN5O3. The van der Waals surface area contributed by atoms with Crippen LogP contribution in [0.4, 0.5) is 11.4 Å². The van der Waals surface area contributed by atoms with E-state index in [2.05, 4.69) is 25.7 Å². The molecule has 0 aliphatic carbocycles. The number of hydrogen-bond donors (Lipinski definition) is 2. The van der Waals surface area contributed by atoms with Crippen LogP contribution in [0.2, 0.25) is 5.02 Å². The van der Waals surface area contributed by atoms with Gasteiger partial charge in [-0.05, 0) is 42.0 Å². The molecule has 0 saturated carbocycles. The number of benzene rings is 2. The van der Waals surface area contributed by atoms with Gasteiger partial charge in [0.25, 0.3) is 0 Å². The summed E-state index contributed by atoms with van der Waals surface area (Å²) < 4.78 is 5.50. The van der Waals surface area contributed by atoms with Crippen LogP contribution in [0.1, 0.15) is 28.9 Å². The summed E-state index contributed by atoms with van der Waals surface area (Å²) >= 11 is 6.16. The Labute approximate surface area is 215 Å². The molecule has 8 nitrogen and oxygen atoms in total. The van der Waals surface area contributed by atoms with Crippen LogP contribution in [0.3, 0.4) is 0 Å². The number of aliphatic hydroxyl groups is 2. The first-order valence-electron chi connectivity index (χ1n) is 11.6. The first-order valence-corrected chi connectivity index (χ1v) is 11.9. The smallest absolute Gasteiger partial charge is 0.205 e. The summed E-state index contributed by atoms with van der Waals surface area (Å²) in [5, 5.41) is 29.8. The van der Waals surface area contributed by atoms with Gasteiger partial charge in [0.15, 0.2) is 0 Å². The predicted octanol–water partition coefficient (Wildman–Crippen LogP) is 4.13. The van der Waals surface area contributed by atoms with E-state index in [1.165, 1.54) is 6.20 Å². The number of aliphatic hydroxyl groups excluding tert-OH is 2. The molecule has 1 fully saturated rings. The van der Waals surface area contributed by atoms with Crippen LogP contribution in [0.5, 0.6) is 5.75 Å². The lowest BCUT2D eigenvalue weighted by atomic mass is 9.98. The molecule has 2 heterocycles. The van der Waals surface area contributed by atoms with Crippen molar-refractivity contribution < 1.29 is 14.9 Å². The molecular weight excluding hydrogens is 478 g/mol. The first kappa shape index (κ1) is 25.4. The van der Waals surface area contributed by atoms with E-state index in [9.17, 15) is 10.4 Å². The van der Waals surface area contributed by atoms with E-state index in [1.807, 2.05) is 30.3 Å². The highest BCUT2D eigenvalue weighted by Gasteiger charge is 2.34. The second-order valence-corrected chi connectivity index (χ2v) is 8.81. The molecule has 4 rings (SSSR count). The SMILES string of the molecule is [C-]#[N+]c1ccc([C@@H](CO)N2CCN(c3ccc(OCCO)cc3C#N)[C@H](c3ccc(Cl)cc3)C2)nc1. The third kappa shape index (κ3) is 5.59. The summed E-state index contributed by atoms with van der Waals surface area (Å²) in [6.07, 6.45) is 1.53. The van der Waals surface area contributed by atoms with Crippen molar-refractivity contribution in [1.29, 1.82) is 5.26 Å². The van der Waals surface area contributed by atoms with Crippen molar-refractivity contribution in [3.8, 4) is 11.8 Å². The van der Waals surface area contributed by atoms with Crippen molar-refractivity contribution in [3.05, 3.63) is 94.1 Å².